The first kappa shape index (κ1) is 14.0. The van der Waals surface area contributed by atoms with Crippen LogP contribution in [0.5, 0.6) is 0 Å². The first-order valence-electron chi connectivity index (χ1n) is 5.83. The van der Waals surface area contributed by atoms with Crippen LogP contribution >= 0.6 is 12.4 Å². The van der Waals surface area contributed by atoms with E-state index in [2.05, 4.69) is 15.7 Å². The number of nitrogens with zero attached hydrogens (tertiary/aromatic N) is 2. The van der Waals surface area contributed by atoms with E-state index in [4.69, 9.17) is 0 Å². The Morgan fingerprint density at radius 2 is 2.53 bits per heavy atom. The fraction of sp³-hybridized carbons (Fsp3) is 0.636. The summed E-state index contributed by atoms with van der Waals surface area (Å²) < 4.78 is 1.80. The number of anilines is 1. The van der Waals surface area contributed by atoms with Crippen LogP contribution in [0.1, 0.15) is 19.8 Å². The molecule has 1 unspecified atom stereocenters. The molecular weight excluding hydrogens is 240 g/mol. The van der Waals surface area contributed by atoms with E-state index >= 15 is 0 Å². The summed E-state index contributed by atoms with van der Waals surface area (Å²) in [7, 11) is 0. The van der Waals surface area contributed by atoms with E-state index < -0.39 is 0 Å². The second-order valence-electron chi connectivity index (χ2n) is 4.12. The summed E-state index contributed by atoms with van der Waals surface area (Å²) >= 11 is 0. The van der Waals surface area contributed by atoms with Gasteiger partial charge in [0.15, 0.2) is 0 Å². The van der Waals surface area contributed by atoms with Gasteiger partial charge >= 0.3 is 0 Å². The minimum atomic E-state index is 0. The highest BCUT2D eigenvalue weighted by Gasteiger charge is 2.20. The molecule has 0 spiro atoms. The van der Waals surface area contributed by atoms with Crippen molar-refractivity contribution in [2.45, 2.75) is 26.3 Å². The minimum Gasteiger partial charge on any atom is -0.323 e. The Morgan fingerprint density at radius 3 is 3.12 bits per heavy atom. The summed E-state index contributed by atoms with van der Waals surface area (Å²) in [6.07, 6.45) is 5.60. The lowest BCUT2D eigenvalue weighted by atomic mass is 9.99. The highest BCUT2D eigenvalue weighted by Crippen LogP contribution is 2.13. The van der Waals surface area contributed by atoms with Crippen molar-refractivity contribution in [1.29, 1.82) is 0 Å². The number of halogens is 1. The second kappa shape index (κ2) is 6.61. The monoisotopic (exact) mass is 258 g/mol. The molecule has 17 heavy (non-hydrogen) atoms. The first-order valence-corrected chi connectivity index (χ1v) is 5.83. The van der Waals surface area contributed by atoms with Crippen molar-refractivity contribution in [3.05, 3.63) is 12.4 Å². The van der Waals surface area contributed by atoms with Crippen molar-refractivity contribution in [3.63, 3.8) is 0 Å². The van der Waals surface area contributed by atoms with Crippen LogP contribution in [0, 0.1) is 5.92 Å². The summed E-state index contributed by atoms with van der Waals surface area (Å²) in [5.74, 6) is 0.196. The molecule has 1 aromatic heterocycles. The quantitative estimate of drug-likeness (QED) is 0.858. The van der Waals surface area contributed by atoms with Gasteiger partial charge in [-0.25, -0.2) is 0 Å². The number of carbonyl (C=O) groups is 1. The van der Waals surface area contributed by atoms with Crippen molar-refractivity contribution >= 4 is 24.0 Å². The Balaban J connectivity index is 0.00000144. The van der Waals surface area contributed by atoms with Crippen molar-refractivity contribution < 1.29 is 4.79 Å². The Morgan fingerprint density at radius 1 is 1.71 bits per heavy atom. The van der Waals surface area contributed by atoms with Gasteiger partial charge in [0.25, 0.3) is 0 Å². The smallest absolute Gasteiger partial charge is 0.228 e. The number of carbonyl (C=O) groups excluding carboxylic acids is 1. The first-order chi connectivity index (χ1) is 7.79. The number of aryl methyl sites for hydroxylation is 1. The maximum Gasteiger partial charge on any atom is 0.228 e. The molecule has 0 aromatic carbocycles. The van der Waals surface area contributed by atoms with Crippen LogP contribution in [0.25, 0.3) is 0 Å². The maximum absolute atomic E-state index is 11.9. The third kappa shape index (κ3) is 3.71. The molecule has 1 atom stereocenters. The Hall–Kier alpha value is -1.07. The summed E-state index contributed by atoms with van der Waals surface area (Å²) in [5, 5.41) is 10.3. The molecule has 1 aromatic rings. The van der Waals surface area contributed by atoms with Crippen molar-refractivity contribution in [3.8, 4) is 0 Å². The lowest BCUT2D eigenvalue weighted by molar-refractivity contribution is -0.120. The molecule has 1 saturated heterocycles. The number of piperidine rings is 1. The Labute approximate surface area is 107 Å². The fourth-order valence-electron chi connectivity index (χ4n) is 1.92. The van der Waals surface area contributed by atoms with E-state index in [1.54, 1.807) is 10.9 Å². The van der Waals surface area contributed by atoms with Gasteiger partial charge in [-0.05, 0) is 26.3 Å². The maximum atomic E-state index is 11.9. The largest absolute Gasteiger partial charge is 0.323 e. The molecule has 0 radical (unpaired) electrons. The molecular formula is C11H19ClN4O. The lowest BCUT2D eigenvalue weighted by Gasteiger charge is -2.21. The molecule has 0 bridgehead atoms. The summed E-state index contributed by atoms with van der Waals surface area (Å²) in [5.41, 5.74) is 0.789. The molecule has 1 aliphatic rings. The van der Waals surface area contributed by atoms with Crippen LogP contribution in [0.2, 0.25) is 0 Å². The average molecular weight is 259 g/mol. The van der Waals surface area contributed by atoms with E-state index in [0.29, 0.717) is 0 Å². The number of nitrogens with one attached hydrogen (secondary N) is 2. The van der Waals surface area contributed by atoms with Crippen LogP contribution in [-0.2, 0) is 11.3 Å². The number of hydrogen-bond acceptors (Lipinski definition) is 3. The average Bonchev–Trinajstić information content (AvgIpc) is 2.78. The van der Waals surface area contributed by atoms with Gasteiger partial charge in [0, 0.05) is 19.3 Å². The van der Waals surface area contributed by atoms with Crippen LogP contribution in [0.3, 0.4) is 0 Å². The van der Waals surface area contributed by atoms with Gasteiger partial charge in [-0.15, -0.1) is 12.4 Å². The van der Waals surface area contributed by atoms with E-state index in [-0.39, 0.29) is 24.2 Å². The zero-order valence-electron chi connectivity index (χ0n) is 9.98. The number of hydrogen-bond donors (Lipinski definition) is 2. The Kier molecular flexibility index (Phi) is 5.44. The SMILES string of the molecule is CCn1cc(NC(=O)C2CCCNC2)cn1.Cl. The van der Waals surface area contributed by atoms with E-state index in [9.17, 15) is 4.79 Å². The van der Waals surface area contributed by atoms with Gasteiger partial charge in [-0.3, -0.25) is 9.48 Å². The standard InChI is InChI=1S/C11H18N4O.ClH/c1-2-15-8-10(7-13-15)14-11(16)9-4-3-5-12-6-9;/h7-9,12H,2-6H2,1H3,(H,14,16);1H. The molecule has 2 N–H and O–H groups in total. The van der Waals surface area contributed by atoms with Crippen LogP contribution in [0.4, 0.5) is 5.69 Å². The fourth-order valence-corrected chi connectivity index (χ4v) is 1.92. The predicted molar refractivity (Wildman–Crippen MR) is 69.4 cm³/mol. The second-order valence-corrected chi connectivity index (χ2v) is 4.12. The molecule has 96 valence electrons. The molecule has 0 aliphatic carbocycles. The van der Waals surface area contributed by atoms with Gasteiger partial charge in [-0.2, -0.15) is 5.10 Å². The predicted octanol–water partition coefficient (Wildman–Crippen LogP) is 1.26. The molecule has 1 amide bonds. The summed E-state index contributed by atoms with van der Waals surface area (Å²) in [4.78, 5) is 11.9. The van der Waals surface area contributed by atoms with Gasteiger partial charge in [-0.1, -0.05) is 0 Å². The molecule has 1 aliphatic heterocycles. The van der Waals surface area contributed by atoms with E-state index in [0.717, 1.165) is 38.2 Å². The van der Waals surface area contributed by atoms with Crippen molar-refractivity contribution in [2.75, 3.05) is 18.4 Å². The molecule has 2 heterocycles. The topological polar surface area (TPSA) is 59.0 Å². The van der Waals surface area contributed by atoms with Gasteiger partial charge in [0.05, 0.1) is 17.8 Å². The van der Waals surface area contributed by atoms with Gasteiger partial charge < -0.3 is 10.6 Å². The lowest BCUT2D eigenvalue weighted by Crippen LogP contribution is -2.37. The van der Waals surface area contributed by atoms with E-state index in [1.165, 1.54) is 0 Å². The number of rotatable bonds is 3. The van der Waals surface area contributed by atoms with Crippen LogP contribution < -0.4 is 10.6 Å². The van der Waals surface area contributed by atoms with E-state index in [1.807, 2.05) is 13.1 Å². The highest BCUT2D eigenvalue weighted by molar-refractivity contribution is 5.92. The zero-order chi connectivity index (χ0) is 11.4. The Bertz CT molecular complexity index is 360. The summed E-state index contributed by atoms with van der Waals surface area (Å²) in [6, 6.07) is 0. The molecule has 6 heteroatoms. The minimum absolute atomic E-state index is 0. The van der Waals surface area contributed by atoms with Crippen LogP contribution in [0.15, 0.2) is 12.4 Å². The van der Waals surface area contributed by atoms with Crippen LogP contribution in [-0.4, -0.2) is 28.8 Å². The molecule has 0 saturated carbocycles. The summed E-state index contributed by atoms with van der Waals surface area (Å²) in [6.45, 7) is 4.65. The van der Waals surface area contributed by atoms with Gasteiger partial charge in [0.2, 0.25) is 5.91 Å². The zero-order valence-corrected chi connectivity index (χ0v) is 10.8. The van der Waals surface area contributed by atoms with Crippen molar-refractivity contribution in [2.24, 2.45) is 5.92 Å². The molecule has 2 rings (SSSR count). The number of amides is 1. The number of aromatic nitrogens is 2. The molecule has 5 nitrogen and oxygen atoms in total. The van der Waals surface area contributed by atoms with Gasteiger partial charge in [0.1, 0.15) is 0 Å². The third-order valence-corrected chi connectivity index (χ3v) is 2.89. The van der Waals surface area contributed by atoms with Crippen molar-refractivity contribution in [1.82, 2.24) is 15.1 Å². The molecule has 1 fully saturated rings. The normalized spacial score (nSPS) is 19.5. The third-order valence-electron chi connectivity index (χ3n) is 2.89. The highest BCUT2D eigenvalue weighted by atomic mass is 35.5.